The minimum absolute atomic E-state index is 0.152. The first-order valence-electron chi connectivity index (χ1n) is 27.0. The van der Waals surface area contributed by atoms with E-state index >= 15 is 0 Å². The van der Waals surface area contributed by atoms with E-state index in [-0.39, 0.29) is 51.7 Å². The average Bonchev–Trinajstić information content (AvgIpc) is 3.40. The second kappa shape index (κ2) is 36.4. The molecule has 1 aliphatic rings. The molecule has 0 aromatic heterocycles. The van der Waals surface area contributed by atoms with Crippen molar-refractivity contribution in [3.05, 3.63) is 35.9 Å². The van der Waals surface area contributed by atoms with Crippen molar-refractivity contribution < 1.29 is 73.2 Å². The molecule has 11 amide bonds. The van der Waals surface area contributed by atoms with Crippen LogP contribution >= 0.6 is 0 Å². The number of carbonyl (C=O) groups is 11. The van der Waals surface area contributed by atoms with E-state index in [1.807, 2.05) is 0 Å². The van der Waals surface area contributed by atoms with Gasteiger partial charge < -0.3 is 96.1 Å². The van der Waals surface area contributed by atoms with Crippen LogP contribution in [0.3, 0.4) is 0 Å². The quantitative estimate of drug-likeness (QED) is 0.0405. The molecule has 1 saturated heterocycles. The molecule has 2 rings (SSSR count). The minimum Gasteiger partial charge on any atom is -0.394 e. The fourth-order valence-electron chi connectivity index (χ4n) is 8.16. The van der Waals surface area contributed by atoms with Crippen LogP contribution in [-0.4, -0.2) is 197 Å². The van der Waals surface area contributed by atoms with Crippen molar-refractivity contribution in [3.8, 4) is 0 Å². The molecular weight excluding hydrogens is 1050 g/mol. The van der Waals surface area contributed by atoms with Crippen LogP contribution in [0, 0.1) is 0 Å². The first kappa shape index (κ1) is 69.2. The fourth-order valence-corrected chi connectivity index (χ4v) is 8.16. The number of rotatable bonds is 25. The lowest BCUT2D eigenvalue weighted by Crippen LogP contribution is -2.62. The molecule has 1 aromatic carbocycles. The highest BCUT2D eigenvalue weighted by molar-refractivity contribution is 5.99. The van der Waals surface area contributed by atoms with E-state index in [0.29, 0.717) is 12.0 Å². The maximum atomic E-state index is 14.3. The zero-order valence-corrected chi connectivity index (χ0v) is 46.2. The van der Waals surface area contributed by atoms with Gasteiger partial charge >= 0.3 is 0 Å². The van der Waals surface area contributed by atoms with Gasteiger partial charge in [0.25, 0.3) is 0 Å². The molecule has 0 saturated carbocycles. The number of nitrogens with one attached hydrogen (secondary N) is 11. The summed E-state index contributed by atoms with van der Waals surface area (Å²) < 4.78 is 0. The smallest absolute Gasteiger partial charge is 0.245 e. The number of amides is 11. The standard InChI is InChI=1S/C51H86N14O15/c1-6-7-8-9-13-16-38(70)56-27(2)42(71)63-40(29(4)68)51(80)62-37(26-66)48(77)59-35-20-24-55-49(78)39(28(3)67)64-46(75)34(19-23-54)58-43(72)33(18-22-53)60-50(79)41(30(5)69)65-47(76)36(25-31-14-11-10-12-15-31)61-44(73)32(17-21-52)57-45(35)74/h10-12,14-15,27-30,32-37,39-41,66-69H,6-9,13,16-26,52-54H2,1-5H3,(H,55,78)(H,56,70)(H,57,74)(H,58,72)(H,59,77)(H,60,79)(H,61,73)(H,62,80)(H,63,71)(H,64,75)(H,65,76)/t27-,28+,29+,30+,32-,33-,34-,35-,36+,37?,39-,40-,41-/m0/s1. The Hall–Kier alpha value is -6.89. The van der Waals surface area contributed by atoms with Crippen LogP contribution < -0.4 is 75.7 Å². The lowest BCUT2D eigenvalue weighted by Gasteiger charge is -2.29. The van der Waals surface area contributed by atoms with Crippen LogP contribution in [-0.2, 0) is 59.2 Å². The highest BCUT2D eigenvalue weighted by Gasteiger charge is 2.38. The lowest BCUT2D eigenvalue weighted by atomic mass is 10.0. The Bertz CT molecular complexity index is 2210. The van der Waals surface area contributed by atoms with Gasteiger partial charge in [-0.1, -0.05) is 62.9 Å². The highest BCUT2D eigenvalue weighted by Crippen LogP contribution is 2.10. The summed E-state index contributed by atoms with van der Waals surface area (Å²) in [5, 5.41) is 68.9. The van der Waals surface area contributed by atoms with Crippen LogP contribution in [0.1, 0.15) is 104 Å². The zero-order chi connectivity index (χ0) is 60.1. The predicted octanol–water partition coefficient (Wildman–Crippen LogP) is -6.84. The van der Waals surface area contributed by atoms with Gasteiger partial charge in [-0.3, -0.25) is 52.7 Å². The van der Waals surface area contributed by atoms with Gasteiger partial charge in [0, 0.05) is 19.4 Å². The molecule has 21 N–H and O–H groups in total. The molecule has 13 atom stereocenters. The Kier molecular flexibility index (Phi) is 31.5. The molecule has 1 aliphatic heterocycles. The molecule has 80 heavy (non-hydrogen) atoms. The van der Waals surface area contributed by atoms with E-state index in [1.54, 1.807) is 30.3 Å². The molecule has 0 radical (unpaired) electrons. The lowest BCUT2D eigenvalue weighted by molar-refractivity contribution is -0.137. The number of hydrogen-bond donors (Lipinski definition) is 18. The molecule has 29 nitrogen and oxygen atoms in total. The fraction of sp³-hybridized carbons (Fsp3) is 0.667. The number of aliphatic hydroxyl groups excluding tert-OH is 4. The van der Waals surface area contributed by atoms with E-state index < -0.39 is 163 Å². The third-order valence-electron chi connectivity index (χ3n) is 12.8. The van der Waals surface area contributed by atoms with Gasteiger partial charge in [-0.15, -0.1) is 0 Å². The summed E-state index contributed by atoms with van der Waals surface area (Å²) in [6.45, 7) is 4.65. The van der Waals surface area contributed by atoms with E-state index in [9.17, 15) is 73.2 Å². The van der Waals surface area contributed by atoms with Gasteiger partial charge in [-0.25, -0.2) is 0 Å². The normalized spacial score (nSPS) is 23.5. The monoisotopic (exact) mass is 1130 g/mol. The molecule has 1 fully saturated rings. The number of benzene rings is 1. The second-order valence-electron chi connectivity index (χ2n) is 19.7. The Labute approximate surface area is 465 Å². The molecule has 450 valence electrons. The van der Waals surface area contributed by atoms with Gasteiger partial charge in [0.15, 0.2) is 0 Å². The molecule has 1 unspecified atom stereocenters. The van der Waals surface area contributed by atoms with E-state index in [0.717, 1.165) is 39.5 Å². The van der Waals surface area contributed by atoms with E-state index in [4.69, 9.17) is 17.2 Å². The van der Waals surface area contributed by atoms with Crippen molar-refractivity contribution in [3.63, 3.8) is 0 Å². The summed E-state index contributed by atoms with van der Waals surface area (Å²) >= 11 is 0. The van der Waals surface area contributed by atoms with Gasteiger partial charge in [0.2, 0.25) is 65.0 Å². The van der Waals surface area contributed by atoms with Crippen molar-refractivity contribution in [2.45, 2.75) is 184 Å². The predicted molar refractivity (Wildman–Crippen MR) is 289 cm³/mol. The summed E-state index contributed by atoms with van der Waals surface area (Å²) in [5.74, 6) is -10.9. The number of hydrogen-bond acceptors (Lipinski definition) is 18. The summed E-state index contributed by atoms with van der Waals surface area (Å²) in [7, 11) is 0. The van der Waals surface area contributed by atoms with Crippen LogP contribution in [0.15, 0.2) is 30.3 Å². The third-order valence-corrected chi connectivity index (χ3v) is 12.8. The summed E-state index contributed by atoms with van der Waals surface area (Å²) in [6, 6.07) is -7.82. The Morgan fingerprint density at radius 2 is 1.07 bits per heavy atom. The maximum Gasteiger partial charge on any atom is 0.245 e. The van der Waals surface area contributed by atoms with Gasteiger partial charge in [0.1, 0.15) is 60.4 Å². The molecule has 29 heteroatoms. The second-order valence-corrected chi connectivity index (χ2v) is 19.7. The Morgan fingerprint density at radius 3 is 1.59 bits per heavy atom. The average molecular weight is 1140 g/mol. The topological polar surface area (TPSA) is 479 Å². The molecular formula is C51H86N14O15. The summed E-state index contributed by atoms with van der Waals surface area (Å²) in [6.07, 6.45) is -1.75. The van der Waals surface area contributed by atoms with Crippen molar-refractivity contribution in [2.75, 3.05) is 32.8 Å². The number of carbonyl (C=O) groups excluding carboxylic acids is 11. The van der Waals surface area contributed by atoms with Gasteiger partial charge in [0.05, 0.1) is 24.9 Å². The molecule has 0 spiro atoms. The Balaban J connectivity index is 2.62. The summed E-state index contributed by atoms with van der Waals surface area (Å²) in [5.41, 5.74) is 17.9. The van der Waals surface area contributed by atoms with Crippen LogP contribution in [0.2, 0.25) is 0 Å². The van der Waals surface area contributed by atoms with E-state index in [2.05, 4.69) is 65.4 Å². The van der Waals surface area contributed by atoms with Crippen molar-refractivity contribution >= 4 is 65.0 Å². The first-order chi connectivity index (χ1) is 37.9. The van der Waals surface area contributed by atoms with Gasteiger partial charge in [-0.05, 0) is 85.0 Å². The van der Waals surface area contributed by atoms with Crippen molar-refractivity contribution in [1.29, 1.82) is 0 Å². The number of nitrogens with two attached hydrogens (primary N) is 3. The van der Waals surface area contributed by atoms with Crippen LogP contribution in [0.4, 0.5) is 0 Å². The molecule has 0 aliphatic carbocycles. The van der Waals surface area contributed by atoms with Crippen LogP contribution in [0.5, 0.6) is 0 Å². The molecule has 1 aromatic rings. The van der Waals surface area contributed by atoms with E-state index in [1.165, 1.54) is 13.8 Å². The summed E-state index contributed by atoms with van der Waals surface area (Å²) in [4.78, 5) is 151. The third kappa shape index (κ3) is 23.8. The first-order valence-corrected chi connectivity index (χ1v) is 27.0. The highest BCUT2D eigenvalue weighted by atomic mass is 16.3. The minimum atomic E-state index is -1.89. The van der Waals surface area contributed by atoms with Crippen molar-refractivity contribution in [2.24, 2.45) is 17.2 Å². The maximum absolute atomic E-state index is 14.3. The SMILES string of the molecule is CCCCCCCC(=O)N[C@@H](C)C(=O)N[C@H](C(=O)NC(CO)C(=O)N[C@H]1CCNC(=O)[C@H]([C@@H](C)O)NC(=O)[C@H](CCN)NC(=O)[C@H](CCN)NC(=O)[C@H]([C@@H](C)O)NC(=O)[C@@H](Cc2ccccc2)NC(=O)[C@H](CCN)NC1=O)[C@@H](C)O. The van der Waals surface area contributed by atoms with Crippen molar-refractivity contribution in [1.82, 2.24) is 58.5 Å². The zero-order valence-electron chi connectivity index (χ0n) is 46.2. The number of aliphatic hydroxyl groups is 4. The Morgan fingerprint density at radius 1 is 0.588 bits per heavy atom. The molecule has 0 bridgehead atoms. The van der Waals surface area contributed by atoms with Crippen LogP contribution in [0.25, 0.3) is 0 Å². The molecule has 1 heterocycles. The number of unbranched alkanes of at least 4 members (excludes halogenated alkanes) is 4. The largest absolute Gasteiger partial charge is 0.394 e. The van der Waals surface area contributed by atoms with Gasteiger partial charge in [-0.2, -0.15) is 0 Å².